The Kier molecular flexibility index (Phi) is 7.89. The van der Waals surface area contributed by atoms with Gasteiger partial charge in [-0.25, -0.2) is 0 Å². The molecule has 12 rings (SSSR count). The quantitative estimate of drug-likeness (QED) is 0.160. The number of rotatable bonds is 6. The van der Waals surface area contributed by atoms with Gasteiger partial charge in [-0.15, -0.1) is 0 Å². The molecule has 0 spiro atoms. The van der Waals surface area contributed by atoms with E-state index in [0.29, 0.717) is 0 Å². The maximum Gasteiger partial charge on any atom is 0.0541 e. The molecule has 60 heavy (non-hydrogen) atoms. The molecule has 0 aliphatic heterocycles. The van der Waals surface area contributed by atoms with E-state index in [9.17, 15) is 0 Å². The summed E-state index contributed by atoms with van der Waals surface area (Å²) in [7, 11) is 0. The third-order valence-corrected chi connectivity index (χ3v) is 12.3. The molecule has 2 heterocycles. The lowest BCUT2D eigenvalue weighted by molar-refractivity contribution is 1.18. The predicted molar refractivity (Wildman–Crippen MR) is 254 cm³/mol. The second kappa shape index (κ2) is 13.9. The number of aromatic nitrogens is 2. The summed E-state index contributed by atoms with van der Waals surface area (Å²) in [6.45, 7) is 0. The van der Waals surface area contributed by atoms with Crippen molar-refractivity contribution in [3.05, 3.63) is 231 Å². The zero-order chi connectivity index (χ0) is 39.6. The second-order valence-corrected chi connectivity index (χ2v) is 15.8. The van der Waals surface area contributed by atoms with Crippen LogP contribution >= 0.6 is 0 Å². The van der Waals surface area contributed by atoms with Crippen molar-refractivity contribution in [3.63, 3.8) is 0 Å². The van der Waals surface area contributed by atoms with E-state index in [2.05, 4.69) is 240 Å². The summed E-state index contributed by atoms with van der Waals surface area (Å²) in [5.74, 6) is 0. The Labute approximate surface area is 348 Å². The van der Waals surface area contributed by atoms with Crippen molar-refractivity contribution < 1.29 is 0 Å². The molecule has 0 atom stereocenters. The minimum Gasteiger partial charge on any atom is -0.309 e. The van der Waals surface area contributed by atoms with E-state index in [4.69, 9.17) is 0 Å². The third-order valence-electron chi connectivity index (χ3n) is 12.3. The summed E-state index contributed by atoms with van der Waals surface area (Å²) in [5.41, 5.74) is 16.9. The van der Waals surface area contributed by atoms with Crippen LogP contribution in [-0.4, -0.2) is 9.13 Å². The molecule has 0 fully saturated rings. The minimum atomic E-state index is 1.16. The van der Waals surface area contributed by atoms with Crippen LogP contribution < -0.4 is 0 Å². The van der Waals surface area contributed by atoms with Crippen LogP contribution in [0.4, 0.5) is 0 Å². The van der Waals surface area contributed by atoms with Gasteiger partial charge in [0.25, 0.3) is 0 Å². The monoisotopic (exact) mass is 762 g/mol. The molecule has 0 saturated heterocycles. The molecular weight excluding hydrogens is 725 g/mol. The van der Waals surface area contributed by atoms with Gasteiger partial charge in [0.2, 0.25) is 0 Å². The van der Waals surface area contributed by atoms with Crippen molar-refractivity contribution in [2.45, 2.75) is 0 Å². The maximum absolute atomic E-state index is 2.41. The van der Waals surface area contributed by atoms with Gasteiger partial charge >= 0.3 is 0 Å². The fourth-order valence-corrected chi connectivity index (χ4v) is 9.35. The van der Waals surface area contributed by atoms with E-state index in [1.807, 2.05) is 0 Å². The average Bonchev–Trinajstić information content (AvgIpc) is 3.84. The summed E-state index contributed by atoms with van der Waals surface area (Å²) in [6.07, 6.45) is 0. The molecule has 0 radical (unpaired) electrons. The Morgan fingerprint density at radius 3 is 1.17 bits per heavy atom. The van der Waals surface area contributed by atoms with Crippen LogP contribution in [0.1, 0.15) is 0 Å². The zero-order valence-electron chi connectivity index (χ0n) is 32.8. The number of hydrogen-bond acceptors (Lipinski definition) is 0. The lowest BCUT2D eigenvalue weighted by Gasteiger charge is -2.11. The fourth-order valence-electron chi connectivity index (χ4n) is 9.35. The average molecular weight is 763 g/mol. The Morgan fingerprint density at radius 2 is 0.583 bits per heavy atom. The van der Waals surface area contributed by atoms with Crippen LogP contribution in [0, 0.1) is 0 Å². The molecule has 0 aliphatic carbocycles. The maximum atomic E-state index is 2.41. The van der Waals surface area contributed by atoms with Crippen molar-refractivity contribution in [1.82, 2.24) is 9.13 Å². The van der Waals surface area contributed by atoms with E-state index in [1.54, 1.807) is 0 Å². The molecule has 2 heteroatoms. The van der Waals surface area contributed by atoms with Gasteiger partial charge in [0.1, 0.15) is 0 Å². The summed E-state index contributed by atoms with van der Waals surface area (Å²) in [4.78, 5) is 0. The number of para-hydroxylation sites is 2. The third kappa shape index (κ3) is 5.65. The summed E-state index contributed by atoms with van der Waals surface area (Å²) in [6, 6.07) is 84.2. The first-order valence-corrected chi connectivity index (χ1v) is 20.7. The molecule has 0 unspecified atom stereocenters. The molecule has 10 aromatic carbocycles. The van der Waals surface area contributed by atoms with Crippen molar-refractivity contribution >= 4 is 54.4 Å². The molecule has 0 N–H and O–H groups in total. The number of hydrogen-bond donors (Lipinski definition) is 0. The Hall–Kier alpha value is -7.94. The second-order valence-electron chi connectivity index (χ2n) is 15.8. The molecular formula is C58H38N2. The van der Waals surface area contributed by atoms with Crippen LogP contribution in [0.15, 0.2) is 231 Å². The number of fused-ring (bicyclic) bond motifs is 7. The highest BCUT2D eigenvalue weighted by molar-refractivity contribution is 6.12. The van der Waals surface area contributed by atoms with Crippen molar-refractivity contribution in [3.8, 4) is 55.9 Å². The predicted octanol–water partition coefficient (Wildman–Crippen LogP) is 15.7. The minimum absolute atomic E-state index is 1.16. The molecule has 280 valence electrons. The van der Waals surface area contributed by atoms with Crippen LogP contribution in [0.5, 0.6) is 0 Å². The van der Waals surface area contributed by atoms with Crippen molar-refractivity contribution in [2.24, 2.45) is 0 Å². The van der Waals surface area contributed by atoms with Gasteiger partial charge in [-0.2, -0.15) is 0 Å². The van der Waals surface area contributed by atoms with E-state index >= 15 is 0 Å². The van der Waals surface area contributed by atoms with Gasteiger partial charge < -0.3 is 9.13 Å². The molecule has 2 aromatic heterocycles. The van der Waals surface area contributed by atoms with Gasteiger partial charge in [0.15, 0.2) is 0 Å². The zero-order valence-corrected chi connectivity index (χ0v) is 32.8. The Morgan fingerprint density at radius 1 is 0.200 bits per heavy atom. The van der Waals surface area contributed by atoms with Crippen molar-refractivity contribution in [1.29, 1.82) is 0 Å². The highest BCUT2D eigenvalue weighted by Gasteiger charge is 2.16. The van der Waals surface area contributed by atoms with E-state index in [0.717, 1.165) is 5.69 Å². The normalized spacial score (nSPS) is 11.7. The van der Waals surface area contributed by atoms with Crippen LogP contribution in [0.2, 0.25) is 0 Å². The van der Waals surface area contributed by atoms with Crippen LogP contribution in [-0.2, 0) is 0 Å². The highest BCUT2D eigenvalue weighted by Crippen LogP contribution is 2.39. The van der Waals surface area contributed by atoms with Gasteiger partial charge in [-0.1, -0.05) is 164 Å². The molecule has 0 saturated carbocycles. The number of nitrogens with zero attached hydrogens (tertiary/aromatic N) is 2. The van der Waals surface area contributed by atoms with Crippen LogP contribution in [0.25, 0.3) is 110 Å². The van der Waals surface area contributed by atoms with Gasteiger partial charge in [-0.05, 0) is 122 Å². The van der Waals surface area contributed by atoms with E-state index in [-0.39, 0.29) is 0 Å². The largest absolute Gasteiger partial charge is 0.309 e. The van der Waals surface area contributed by atoms with E-state index < -0.39 is 0 Å². The standard InChI is InChI=1S/C58H38N2/c1-3-12-39(13-4-1)43-16-11-17-49(35-43)59-55-20-9-7-18-51(55)53-37-47(29-32-57(53)59)41-22-24-42(25-23-41)48-30-33-58-54(38-48)52-19-8-10-21-56(52)60(58)50-31-28-45-34-44(26-27-46(45)36-50)40-14-5-2-6-15-40/h1-38H. The molecule has 0 amide bonds. The summed E-state index contributed by atoms with van der Waals surface area (Å²) >= 11 is 0. The van der Waals surface area contributed by atoms with Gasteiger partial charge in [-0.3, -0.25) is 0 Å². The topological polar surface area (TPSA) is 9.86 Å². The first-order chi connectivity index (χ1) is 29.7. The van der Waals surface area contributed by atoms with E-state index in [1.165, 1.54) is 105 Å². The fraction of sp³-hybridized carbons (Fsp3) is 0. The summed E-state index contributed by atoms with van der Waals surface area (Å²) in [5, 5.41) is 7.48. The van der Waals surface area contributed by atoms with Gasteiger partial charge in [0, 0.05) is 32.9 Å². The van der Waals surface area contributed by atoms with Crippen molar-refractivity contribution in [2.75, 3.05) is 0 Å². The Balaban J connectivity index is 0.893. The number of benzene rings is 10. The molecule has 2 nitrogen and oxygen atoms in total. The van der Waals surface area contributed by atoms with Gasteiger partial charge in [0.05, 0.1) is 22.1 Å². The Bertz CT molecular complexity index is 3570. The molecule has 0 bridgehead atoms. The first-order valence-electron chi connectivity index (χ1n) is 20.7. The lowest BCUT2D eigenvalue weighted by atomic mass is 9.98. The molecule has 0 aliphatic rings. The highest BCUT2D eigenvalue weighted by atomic mass is 15.0. The smallest absolute Gasteiger partial charge is 0.0541 e. The SMILES string of the molecule is c1ccc(-c2cccc(-n3c4ccccc4c4cc(-c5ccc(-c6ccc7c(c6)c6ccccc6n7-c6ccc7cc(-c8ccccc8)ccc7c6)cc5)ccc43)c2)cc1. The van der Waals surface area contributed by atoms with Crippen LogP contribution in [0.3, 0.4) is 0 Å². The summed E-state index contributed by atoms with van der Waals surface area (Å²) < 4.78 is 4.81. The molecule has 12 aromatic rings. The first kappa shape index (κ1) is 34.1. The lowest BCUT2D eigenvalue weighted by Crippen LogP contribution is -1.94.